The summed E-state index contributed by atoms with van der Waals surface area (Å²) in [6.45, 7) is 13.5. The molecule has 4 heteroatoms. The van der Waals surface area contributed by atoms with Crippen molar-refractivity contribution in [1.82, 2.24) is 4.90 Å². The Hall–Kier alpha value is 0.360. The van der Waals surface area contributed by atoms with E-state index in [2.05, 4.69) is 48.5 Å². The normalized spacial score (nSPS) is 24.7. The standard InChI is InChI=1S/C14H28BrNO2/c1-12(2)5-7-17-8-6-16-10-13(9-15)18-14(3,4)11-16/h12-13H,5-11H2,1-4H3. The number of morpholine rings is 1. The van der Waals surface area contributed by atoms with Crippen molar-refractivity contribution >= 4 is 15.9 Å². The van der Waals surface area contributed by atoms with Crippen molar-refractivity contribution in [3.63, 3.8) is 0 Å². The van der Waals surface area contributed by atoms with Crippen LogP contribution in [0.1, 0.15) is 34.1 Å². The van der Waals surface area contributed by atoms with Gasteiger partial charge in [0.05, 0.1) is 18.3 Å². The minimum absolute atomic E-state index is 0.0470. The average molecular weight is 322 g/mol. The van der Waals surface area contributed by atoms with Crippen LogP contribution in [0.5, 0.6) is 0 Å². The van der Waals surface area contributed by atoms with Crippen molar-refractivity contribution in [3.8, 4) is 0 Å². The summed E-state index contributed by atoms with van der Waals surface area (Å²) >= 11 is 3.52. The molecule has 1 aliphatic heterocycles. The molecule has 0 N–H and O–H groups in total. The molecule has 0 amide bonds. The maximum Gasteiger partial charge on any atom is 0.0806 e. The van der Waals surface area contributed by atoms with E-state index in [1.54, 1.807) is 0 Å². The Morgan fingerprint density at radius 2 is 2.11 bits per heavy atom. The Bertz CT molecular complexity index is 234. The summed E-state index contributed by atoms with van der Waals surface area (Å²) < 4.78 is 11.7. The Balaban J connectivity index is 2.20. The molecule has 18 heavy (non-hydrogen) atoms. The van der Waals surface area contributed by atoms with Crippen molar-refractivity contribution in [2.75, 3.05) is 38.2 Å². The molecule has 0 aromatic heterocycles. The molecule has 3 nitrogen and oxygen atoms in total. The van der Waals surface area contributed by atoms with E-state index in [4.69, 9.17) is 9.47 Å². The van der Waals surface area contributed by atoms with Crippen LogP contribution in [-0.2, 0) is 9.47 Å². The molecular weight excluding hydrogens is 294 g/mol. The van der Waals surface area contributed by atoms with E-state index in [-0.39, 0.29) is 5.60 Å². The molecule has 0 bridgehead atoms. The summed E-state index contributed by atoms with van der Waals surface area (Å²) in [5, 5.41) is 0.904. The lowest BCUT2D eigenvalue weighted by Gasteiger charge is -2.42. The van der Waals surface area contributed by atoms with Gasteiger partial charge < -0.3 is 9.47 Å². The first-order valence-electron chi connectivity index (χ1n) is 6.97. The number of alkyl halides is 1. The van der Waals surface area contributed by atoms with E-state index in [1.165, 1.54) is 0 Å². The molecule has 0 aromatic rings. The van der Waals surface area contributed by atoms with Crippen molar-refractivity contribution in [3.05, 3.63) is 0 Å². The molecule has 1 fully saturated rings. The molecule has 0 radical (unpaired) electrons. The molecular formula is C14H28BrNO2. The van der Waals surface area contributed by atoms with Gasteiger partial charge in [-0.05, 0) is 26.2 Å². The van der Waals surface area contributed by atoms with Crippen LogP contribution in [0.2, 0.25) is 0 Å². The first-order chi connectivity index (χ1) is 8.43. The zero-order valence-electron chi connectivity index (χ0n) is 12.2. The Labute approximate surface area is 120 Å². The second kappa shape index (κ2) is 7.83. The van der Waals surface area contributed by atoms with Gasteiger partial charge in [0.15, 0.2) is 0 Å². The molecule has 1 unspecified atom stereocenters. The van der Waals surface area contributed by atoms with Crippen LogP contribution < -0.4 is 0 Å². The minimum Gasteiger partial charge on any atom is -0.380 e. The zero-order valence-corrected chi connectivity index (χ0v) is 13.8. The van der Waals surface area contributed by atoms with Gasteiger partial charge in [0.2, 0.25) is 0 Å². The van der Waals surface area contributed by atoms with Gasteiger partial charge in [0, 0.05) is 31.6 Å². The van der Waals surface area contributed by atoms with Crippen LogP contribution in [-0.4, -0.2) is 54.8 Å². The van der Waals surface area contributed by atoms with E-state index >= 15 is 0 Å². The molecule has 1 heterocycles. The number of nitrogens with zero attached hydrogens (tertiary/aromatic N) is 1. The van der Waals surface area contributed by atoms with E-state index in [0.717, 1.165) is 50.5 Å². The summed E-state index contributed by atoms with van der Waals surface area (Å²) in [5.74, 6) is 0.727. The molecule has 0 aromatic carbocycles. The SMILES string of the molecule is CC(C)CCOCCN1CC(CBr)OC(C)(C)C1. The lowest BCUT2D eigenvalue weighted by atomic mass is 10.1. The summed E-state index contributed by atoms with van der Waals surface area (Å²) in [6, 6.07) is 0. The van der Waals surface area contributed by atoms with Gasteiger partial charge in [-0.2, -0.15) is 0 Å². The van der Waals surface area contributed by atoms with Crippen LogP contribution in [0.3, 0.4) is 0 Å². The number of rotatable bonds is 7. The van der Waals surface area contributed by atoms with E-state index in [0.29, 0.717) is 6.10 Å². The Morgan fingerprint density at radius 1 is 1.39 bits per heavy atom. The first-order valence-corrected chi connectivity index (χ1v) is 8.09. The van der Waals surface area contributed by atoms with Gasteiger partial charge in [-0.15, -0.1) is 0 Å². The fraction of sp³-hybridized carbons (Fsp3) is 1.00. The highest BCUT2D eigenvalue weighted by molar-refractivity contribution is 9.09. The molecule has 0 spiro atoms. The van der Waals surface area contributed by atoms with Gasteiger partial charge in [0.1, 0.15) is 0 Å². The van der Waals surface area contributed by atoms with Crippen molar-refractivity contribution < 1.29 is 9.47 Å². The summed E-state index contributed by atoms with van der Waals surface area (Å²) in [6.07, 6.45) is 1.45. The van der Waals surface area contributed by atoms with Crippen LogP contribution in [0.4, 0.5) is 0 Å². The van der Waals surface area contributed by atoms with E-state index in [9.17, 15) is 0 Å². The maximum absolute atomic E-state index is 5.98. The van der Waals surface area contributed by atoms with Gasteiger partial charge >= 0.3 is 0 Å². The predicted octanol–water partition coefficient (Wildman–Crippen LogP) is 2.92. The molecule has 1 aliphatic rings. The fourth-order valence-corrected chi connectivity index (χ4v) is 2.62. The average Bonchev–Trinajstić information content (AvgIpc) is 2.26. The highest BCUT2D eigenvalue weighted by Crippen LogP contribution is 2.21. The summed E-state index contributed by atoms with van der Waals surface area (Å²) in [7, 11) is 0. The predicted molar refractivity (Wildman–Crippen MR) is 79.5 cm³/mol. The van der Waals surface area contributed by atoms with Crippen molar-refractivity contribution in [2.24, 2.45) is 5.92 Å². The third-order valence-corrected chi connectivity index (χ3v) is 3.84. The quantitative estimate of drug-likeness (QED) is 0.531. The zero-order chi connectivity index (χ0) is 13.6. The van der Waals surface area contributed by atoms with Crippen LogP contribution >= 0.6 is 15.9 Å². The van der Waals surface area contributed by atoms with Crippen LogP contribution in [0.15, 0.2) is 0 Å². The van der Waals surface area contributed by atoms with Crippen molar-refractivity contribution in [2.45, 2.75) is 45.8 Å². The van der Waals surface area contributed by atoms with Gasteiger partial charge in [-0.3, -0.25) is 4.90 Å². The third-order valence-electron chi connectivity index (χ3n) is 3.12. The summed E-state index contributed by atoms with van der Waals surface area (Å²) in [4.78, 5) is 2.45. The van der Waals surface area contributed by atoms with Gasteiger partial charge in [-0.1, -0.05) is 29.8 Å². The number of halogens is 1. The number of hydrogen-bond acceptors (Lipinski definition) is 3. The lowest BCUT2D eigenvalue weighted by Crippen LogP contribution is -2.53. The highest BCUT2D eigenvalue weighted by Gasteiger charge is 2.32. The monoisotopic (exact) mass is 321 g/mol. The van der Waals surface area contributed by atoms with Crippen molar-refractivity contribution in [1.29, 1.82) is 0 Å². The molecule has 1 rings (SSSR count). The van der Waals surface area contributed by atoms with Crippen LogP contribution in [0, 0.1) is 5.92 Å². The molecule has 108 valence electrons. The van der Waals surface area contributed by atoms with Crippen LogP contribution in [0.25, 0.3) is 0 Å². The van der Waals surface area contributed by atoms with E-state index < -0.39 is 0 Å². The Kier molecular flexibility index (Phi) is 7.14. The van der Waals surface area contributed by atoms with E-state index in [1.807, 2.05) is 0 Å². The number of ether oxygens (including phenoxy) is 2. The Morgan fingerprint density at radius 3 is 2.72 bits per heavy atom. The molecule has 1 atom stereocenters. The maximum atomic E-state index is 5.98. The number of hydrogen-bond donors (Lipinski definition) is 0. The summed E-state index contributed by atoms with van der Waals surface area (Å²) in [5.41, 5.74) is -0.0470. The largest absolute Gasteiger partial charge is 0.380 e. The lowest BCUT2D eigenvalue weighted by molar-refractivity contribution is -0.129. The smallest absolute Gasteiger partial charge is 0.0806 e. The first kappa shape index (κ1) is 16.4. The van der Waals surface area contributed by atoms with Gasteiger partial charge in [0.25, 0.3) is 0 Å². The third kappa shape index (κ3) is 6.50. The molecule has 0 saturated carbocycles. The highest BCUT2D eigenvalue weighted by atomic mass is 79.9. The molecule has 0 aliphatic carbocycles. The second-order valence-electron chi connectivity index (χ2n) is 6.18. The molecule has 1 saturated heterocycles. The topological polar surface area (TPSA) is 21.7 Å². The fourth-order valence-electron chi connectivity index (χ4n) is 2.28. The second-order valence-corrected chi connectivity index (χ2v) is 6.83. The minimum atomic E-state index is -0.0470. The van der Waals surface area contributed by atoms with Gasteiger partial charge in [-0.25, -0.2) is 0 Å².